The van der Waals surface area contributed by atoms with Gasteiger partial charge in [0.1, 0.15) is 11.2 Å². The Labute approximate surface area is 306 Å². The van der Waals surface area contributed by atoms with E-state index in [0.29, 0.717) is 17.5 Å². The van der Waals surface area contributed by atoms with Crippen molar-refractivity contribution >= 4 is 32.7 Å². The quantitative estimate of drug-likeness (QED) is 0.176. The average Bonchev–Trinajstić information content (AvgIpc) is 3.62. The summed E-state index contributed by atoms with van der Waals surface area (Å²) in [6.07, 6.45) is 0. The molecule has 0 aliphatic carbocycles. The minimum atomic E-state index is 0.628. The summed E-state index contributed by atoms with van der Waals surface area (Å²) in [7, 11) is 0. The van der Waals surface area contributed by atoms with Gasteiger partial charge in [0.25, 0.3) is 0 Å². The van der Waals surface area contributed by atoms with E-state index in [2.05, 4.69) is 146 Å². The van der Waals surface area contributed by atoms with Gasteiger partial charge >= 0.3 is 0 Å². The van der Waals surface area contributed by atoms with Gasteiger partial charge in [0, 0.05) is 27.5 Å². The van der Waals surface area contributed by atoms with E-state index in [1.54, 1.807) is 0 Å². The molecule has 4 nitrogen and oxygen atoms in total. The van der Waals surface area contributed by atoms with Crippen LogP contribution >= 0.6 is 0 Å². The summed E-state index contributed by atoms with van der Waals surface area (Å²) in [5.74, 6) is 1.90. The van der Waals surface area contributed by atoms with Crippen molar-refractivity contribution in [3.8, 4) is 67.5 Å². The molecule has 0 saturated heterocycles. The standard InChI is InChI=1S/C49H31N3O/c1-3-11-35(12-4-1)42-16-9-17-45-46(42)43-31-41(28-29-44(43)53-45)34-20-25-38(26-21-34)49-51-47(36-13-5-2-6-14-36)50-48(52-49)37-23-18-33(19-24-37)40-27-22-32-10-7-8-15-39(32)30-40/h1-31H. The molecular formula is C49H31N3O. The predicted molar refractivity (Wildman–Crippen MR) is 217 cm³/mol. The Morgan fingerprint density at radius 2 is 0.792 bits per heavy atom. The fourth-order valence-electron chi connectivity index (χ4n) is 7.21. The van der Waals surface area contributed by atoms with Crippen molar-refractivity contribution in [2.75, 3.05) is 0 Å². The largest absolute Gasteiger partial charge is 0.456 e. The molecule has 0 bridgehead atoms. The van der Waals surface area contributed by atoms with E-state index < -0.39 is 0 Å². The molecule has 0 aliphatic heterocycles. The number of rotatable bonds is 6. The van der Waals surface area contributed by atoms with Crippen LogP contribution in [0.3, 0.4) is 0 Å². The first-order valence-corrected chi connectivity index (χ1v) is 17.8. The van der Waals surface area contributed by atoms with Crippen LogP contribution in [0.1, 0.15) is 0 Å². The van der Waals surface area contributed by atoms with E-state index in [4.69, 9.17) is 19.4 Å². The number of fused-ring (bicyclic) bond motifs is 4. The van der Waals surface area contributed by atoms with Crippen LogP contribution in [0.5, 0.6) is 0 Å². The van der Waals surface area contributed by atoms with E-state index in [0.717, 1.165) is 60.9 Å². The molecule has 0 aliphatic rings. The van der Waals surface area contributed by atoms with Gasteiger partial charge in [-0.15, -0.1) is 0 Å². The summed E-state index contributed by atoms with van der Waals surface area (Å²) in [5.41, 5.74) is 11.4. The third-order valence-electron chi connectivity index (χ3n) is 9.95. The highest BCUT2D eigenvalue weighted by Crippen LogP contribution is 2.39. The molecule has 248 valence electrons. The first kappa shape index (κ1) is 30.6. The smallest absolute Gasteiger partial charge is 0.164 e. The van der Waals surface area contributed by atoms with Gasteiger partial charge in [-0.1, -0.05) is 164 Å². The van der Waals surface area contributed by atoms with Crippen LogP contribution in [-0.4, -0.2) is 15.0 Å². The molecule has 2 aromatic heterocycles. The Kier molecular flexibility index (Phi) is 7.43. The zero-order chi connectivity index (χ0) is 35.1. The first-order valence-electron chi connectivity index (χ1n) is 17.8. The van der Waals surface area contributed by atoms with Crippen LogP contribution < -0.4 is 0 Å². The molecule has 10 rings (SSSR count). The maximum atomic E-state index is 6.30. The molecule has 0 amide bonds. The first-order chi connectivity index (χ1) is 26.2. The Balaban J connectivity index is 1.01. The van der Waals surface area contributed by atoms with Crippen LogP contribution in [0.15, 0.2) is 192 Å². The molecule has 8 aromatic carbocycles. The maximum absolute atomic E-state index is 6.30. The van der Waals surface area contributed by atoms with Gasteiger partial charge in [0.15, 0.2) is 17.5 Å². The lowest BCUT2D eigenvalue weighted by Crippen LogP contribution is -2.00. The zero-order valence-electron chi connectivity index (χ0n) is 28.6. The second-order valence-electron chi connectivity index (χ2n) is 13.2. The van der Waals surface area contributed by atoms with Crippen molar-refractivity contribution < 1.29 is 4.42 Å². The van der Waals surface area contributed by atoms with Crippen LogP contribution in [0, 0.1) is 0 Å². The van der Waals surface area contributed by atoms with Gasteiger partial charge in [-0.3, -0.25) is 0 Å². The molecule has 0 fully saturated rings. The van der Waals surface area contributed by atoms with E-state index in [-0.39, 0.29) is 0 Å². The molecule has 10 aromatic rings. The third-order valence-corrected chi connectivity index (χ3v) is 9.95. The van der Waals surface area contributed by atoms with Gasteiger partial charge in [-0.2, -0.15) is 0 Å². The van der Waals surface area contributed by atoms with Crippen molar-refractivity contribution in [2.24, 2.45) is 0 Å². The number of hydrogen-bond donors (Lipinski definition) is 0. The Hall–Kier alpha value is -7.17. The van der Waals surface area contributed by atoms with E-state index in [1.807, 2.05) is 42.5 Å². The molecular weight excluding hydrogens is 647 g/mol. The topological polar surface area (TPSA) is 51.8 Å². The third kappa shape index (κ3) is 5.73. The van der Waals surface area contributed by atoms with Crippen molar-refractivity contribution in [2.45, 2.75) is 0 Å². The second kappa shape index (κ2) is 12.9. The number of benzene rings is 8. The van der Waals surface area contributed by atoms with Crippen molar-refractivity contribution in [3.63, 3.8) is 0 Å². The van der Waals surface area contributed by atoms with Crippen LogP contribution in [0.4, 0.5) is 0 Å². The second-order valence-corrected chi connectivity index (χ2v) is 13.2. The number of aromatic nitrogens is 3. The van der Waals surface area contributed by atoms with Crippen LogP contribution in [-0.2, 0) is 0 Å². The van der Waals surface area contributed by atoms with E-state index >= 15 is 0 Å². The highest BCUT2D eigenvalue weighted by atomic mass is 16.3. The molecule has 0 N–H and O–H groups in total. The molecule has 0 unspecified atom stereocenters. The van der Waals surface area contributed by atoms with Gasteiger partial charge in [0.2, 0.25) is 0 Å². The normalized spacial score (nSPS) is 11.4. The molecule has 2 heterocycles. The summed E-state index contributed by atoms with van der Waals surface area (Å²) in [5, 5.41) is 4.69. The number of hydrogen-bond acceptors (Lipinski definition) is 4. The zero-order valence-corrected chi connectivity index (χ0v) is 28.6. The molecule has 0 spiro atoms. The van der Waals surface area contributed by atoms with Crippen molar-refractivity contribution in [3.05, 3.63) is 188 Å². The molecule has 53 heavy (non-hydrogen) atoms. The van der Waals surface area contributed by atoms with Gasteiger partial charge in [-0.25, -0.2) is 15.0 Å². The highest BCUT2D eigenvalue weighted by molar-refractivity contribution is 6.13. The molecule has 4 heteroatoms. The summed E-state index contributed by atoms with van der Waals surface area (Å²) >= 11 is 0. The number of furan rings is 1. The number of nitrogens with zero attached hydrogens (tertiary/aromatic N) is 3. The summed E-state index contributed by atoms with van der Waals surface area (Å²) in [6.45, 7) is 0. The predicted octanol–water partition coefficient (Wildman–Crippen LogP) is 12.9. The van der Waals surface area contributed by atoms with E-state index in [9.17, 15) is 0 Å². The maximum Gasteiger partial charge on any atom is 0.164 e. The van der Waals surface area contributed by atoms with Crippen LogP contribution in [0.25, 0.3) is 100 Å². The lowest BCUT2D eigenvalue weighted by molar-refractivity contribution is 0.669. The van der Waals surface area contributed by atoms with Crippen LogP contribution in [0.2, 0.25) is 0 Å². The fraction of sp³-hybridized carbons (Fsp3) is 0. The minimum absolute atomic E-state index is 0.628. The monoisotopic (exact) mass is 677 g/mol. The Morgan fingerprint density at radius 1 is 0.302 bits per heavy atom. The summed E-state index contributed by atoms with van der Waals surface area (Å²) in [4.78, 5) is 14.9. The highest BCUT2D eigenvalue weighted by Gasteiger charge is 2.15. The Bertz CT molecular complexity index is 2910. The van der Waals surface area contributed by atoms with Gasteiger partial charge < -0.3 is 4.42 Å². The molecule has 0 saturated carbocycles. The Morgan fingerprint density at radius 3 is 1.43 bits per heavy atom. The SMILES string of the molecule is c1ccc(-c2nc(-c3ccc(-c4ccc5ccccc5c4)cc3)nc(-c3ccc(-c4ccc5oc6cccc(-c7ccccc7)c6c5c4)cc3)n2)cc1. The van der Waals surface area contributed by atoms with E-state index in [1.165, 1.54) is 21.9 Å². The molecule has 0 radical (unpaired) electrons. The average molecular weight is 678 g/mol. The summed E-state index contributed by atoms with van der Waals surface area (Å²) in [6, 6.07) is 65.3. The lowest BCUT2D eigenvalue weighted by atomic mass is 9.97. The lowest BCUT2D eigenvalue weighted by Gasteiger charge is -2.10. The van der Waals surface area contributed by atoms with Crippen molar-refractivity contribution in [1.82, 2.24) is 15.0 Å². The van der Waals surface area contributed by atoms with Gasteiger partial charge in [-0.05, 0) is 68.4 Å². The fourth-order valence-corrected chi connectivity index (χ4v) is 7.21. The van der Waals surface area contributed by atoms with Gasteiger partial charge in [0.05, 0.1) is 0 Å². The summed E-state index contributed by atoms with van der Waals surface area (Å²) < 4.78 is 6.30. The van der Waals surface area contributed by atoms with Crippen molar-refractivity contribution in [1.29, 1.82) is 0 Å². The minimum Gasteiger partial charge on any atom is -0.456 e. The molecule has 0 atom stereocenters.